The van der Waals surface area contributed by atoms with Gasteiger partial charge in [-0.05, 0) is 25.2 Å². The smallest absolute Gasteiger partial charge is 0.227 e. The molecule has 1 saturated carbocycles. The largest absolute Gasteiger partial charge is 0.393 e. The highest BCUT2D eigenvalue weighted by molar-refractivity contribution is 4.90. The zero-order valence-corrected chi connectivity index (χ0v) is 9.85. The second-order valence-electron chi connectivity index (χ2n) is 4.67. The van der Waals surface area contributed by atoms with Gasteiger partial charge in [-0.2, -0.15) is 4.98 Å². The van der Waals surface area contributed by atoms with Crippen LogP contribution in [0.3, 0.4) is 0 Å². The zero-order chi connectivity index (χ0) is 11.4. The normalized spacial score (nSPS) is 25.9. The van der Waals surface area contributed by atoms with Crippen LogP contribution in [-0.4, -0.2) is 21.4 Å². The maximum atomic E-state index is 9.85. The van der Waals surface area contributed by atoms with Crippen molar-refractivity contribution in [3.05, 3.63) is 11.7 Å². The van der Waals surface area contributed by atoms with E-state index in [1.54, 1.807) is 0 Å². The highest BCUT2D eigenvalue weighted by atomic mass is 16.5. The fourth-order valence-electron chi connectivity index (χ4n) is 2.35. The van der Waals surface area contributed by atoms with Crippen LogP contribution in [0.15, 0.2) is 4.52 Å². The topological polar surface area (TPSA) is 59.2 Å². The van der Waals surface area contributed by atoms with Crippen LogP contribution in [0.5, 0.6) is 0 Å². The molecule has 4 nitrogen and oxygen atoms in total. The third-order valence-electron chi connectivity index (χ3n) is 3.29. The Hall–Kier alpha value is -0.900. The van der Waals surface area contributed by atoms with Gasteiger partial charge < -0.3 is 9.63 Å². The van der Waals surface area contributed by atoms with E-state index >= 15 is 0 Å². The lowest BCUT2D eigenvalue weighted by atomic mass is 9.84. The van der Waals surface area contributed by atoms with Crippen molar-refractivity contribution in [2.24, 2.45) is 5.92 Å². The molecule has 0 bridgehead atoms. The molecule has 1 aliphatic carbocycles. The molecule has 1 aliphatic rings. The Morgan fingerprint density at radius 2 is 2.19 bits per heavy atom. The fraction of sp³-hybridized carbons (Fsp3) is 0.833. The van der Waals surface area contributed by atoms with E-state index in [2.05, 4.69) is 17.1 Å². The standard InChI is InChI=1S/C12H20N2O2/c1-2-5-11-13-12(16-14-11)8-9-6-3-4-7-10(9)15/h9-10,15H,2-8H2,1H3. The molecule has 1 fully saturated rings. The zero-order valence-electron chi connectivity index (χ0n) is 9.85. The minimum atomic E-state index is -0.185. The summed E-state index contributed by atoms with van der Waals surface area (Å²) in [5.74, 6) is 1.79. The molecule has 2 unspecified atom stereocenters. The summed E-state index contributed by atoms with van der Waals surface area (Å²) in [6, 6.07) is 0. The van der Waals surface area contributed by atoms with Gasteiger partial charge in [0.1, 0.15) is 0 Å². The van der Waals surface area contributed by atoms with Gasteiger partial charge in [0.25, 0.3) is 0 Å². The molecule has 1 N–H and O–H groups in total. The van der Waals surface area contributed by atoms with Gasteiger partial charge in [-0.3, -0.25) is 0 Å². The van der Waals surface area contributed by atoms with Crippen LogP contribution in [-0.2, 0) is 12.8 Å². The maximum Gasteiger partial charge on any atom is 0.227 e. The number of hydrogen-bond donors (Lipinski definition) is 1. The maximum absolute atomic E-state index is 9.85. The van der Waals surface area contributed by atoms with Gasteiger partial charge in [0.2, 0.25) is 5.89 Å². The van der Waals surface area contributed by atoms with E-state index in [9.17, 15) is 5.11 Å². The second-order valence-corrected chi connectivity index (χ2v) is 4.67. The summed E-state index contributed by atoms with van der Waals surface area (Å²) in [5, 5.41) is 13.8. The van der Waals surface area contributed by atoms with E-state index in [1.165, 1.54) is 6.42 Å². The highest BCUT2D eigenvalue weighted by Crippen LogP contribution is 2.26. The summed E-state index contributed by atoms with van der Waals surface area (Å²) in [6.45, 7) is 2.10. The SMILES string of the molecule is CCCc1noc(CC2CCCCC2O)n1. The Morgan fingerprint density at radius 3 is 2.94 bits per heavy atom. The minimum absolute atomic E-state index is 0.185. The number of rotatable bonds is 4. The monoisotopic (exact) mass is 224 g/mol. The van der Waals surface area contributed by atoms with Gasteiger partial charge in [0, 0.05) is 12.8 Å². The number of aliphatic hydroxyl groups excluding tert-OH is 1. The Bertz CT molecular complexity index is 325. The molecule has 0 spiro atoms. The Labute approximate surface area is 96.1 Å². The van der Waals surface area contributed by atoms with Crippen molar-refractivity contribution in [3.8, 4) is 0 Å². The molecule has 0 aromatic carbocycles. The quantitative estimate of drug-likeness (QED) is 0.851. The predicted octanol–water partition coefficient (Wildman–Crippen LogP) is 2.12. The highest BCUT2D eigenvalue weighted by Gasteiger charge is 2.25. The van der Waals surface area contributed by atoms with Crippen molar-refractivity contribution in [3.63, 3.8) is 0 Å². The van der Waals surface area contributed by atoms with E-state index in [0.717, 1.165) is 44.3 Å². The third kappa shape index (κ3) is 2.82. The average Bonchev–Trinajstić information content (AvgIpc) is 2.70. The van der Waals surface area contributed by atoms with E-state index in [4.69, 9.17) is 4.52 Å². The molecule has 4 heteroatoms. The first-order valence-electron chi connectivity index (χ1n) is 6.29. The van der Waals surface area contributed by atoms with E-state index in [0.29, 0.717) is 11.8 Å². The van der Waals surface area contributed by atoms with Crippen LogP contribution >= 0.6 is 0 Å². The van der Waals surface area contributed by atoms with Crippen molar-refractivity contribution in [1.82, 2.24) is 10.1 Å². The second kappa shape index (κ2) is 5.43. The number of hydrogen-bond acceptors (Lipinski definition) is 4. The first kappa shape index (κ1) is 11.6. The molecule has 2 atom stereocenters. The molecule has 0 amide bonds. The lowest BCUT2D eigenvalue weighted by molar-refractivity contribution is 0.0657. The summed E-state index contributed by atoms with van der Waals surface area (Å²) in [6.07, 6.45) is 6.79. The van der Waals surface area contributed by atoms with Crippen molar-refractivity contribution in [2.75, 3.05) is 0 Å². The minimum Gasteiger partial charge on any atom is -0.393 e. The van der Waals surface area contributed by atoms with Gasteiger partial charge in [0.05, 0.1) is 6.10 Å². The van der Waals surface area contributed by atoms with E-state index < -0.39 is 0 Å². The first-order valence-corrected chi connectivity index (χ1v) is 6.29. The molecular formula is C12H20N2O2. The third-order valence-corrected chi connectivity index (χ3v) is 3.29. The van der Waals surface area contributed by atoms with Gasteiger partial charge in [0.15, 0.2) is 5.82 Å². The fourth-order valence-corrected chi connectivity index (χ4v) is 2.35. The van der Waals surface area contributed by atoms with E-state index in [1.807, 2.05) is 0 Å². The molecule has 0 radical (unpaired) electrons. The van der Waals surface area contributed by atoms with Crippen molar-refractivity contribution >= 4 is 0 Å². The van der Waals surface area contributed by atoms with Crippen LogP contribution in [0.25, 0.3) is 0 Å². The predicted molar refractivity (Wildman–Crippen MR) is 60.0 cm³/mol. The van der Waals surface area contributed by atoms with Gasteiger partial charge in [-0.15, -0.1) is 0 Å². The van der Waals surface area contributed by atoms with E-state index in [-0.39, 0.29) is 6.10 Å². The molecule has 2 rings (SSSR count). The van der Waals surface area contributed by atoms with Crippen LogP contribution in [0.1, 0.15) is 50.7 Å². The molecule has 0 saturated heterocycles. The van der Waals surface area contributed by atoms with Gasteiger partial charge in [-0.25, -0.2) is 0 Å². The molecule has 1 heterocycles. The molecule has 1 aromatic heterocycles. The van der Waals surface area contributed by atoms with Gasteiger partial charge in [-0.1, -0.05) is 24.9 Å². The Kier molecular flexibility index (Phi) is 3.93. The Morgan fingerprint density at radius 1 is 1.38 bits per heavy atom. The van der Waals surface area contributed by atoms with Gasteiger partial charge >= 0.3 is 0 Å². The van der Waals surface area contributed by atoms with Crippen LogP contribution < -0.4 is 0 Å². The summed E-state index contributed by atoms with van der Waals surface area (Å²) < 4.78 is 5.20. The lowest BCUT2D eigenvalue weighted by Crippen LogP contribution is -2.26. The number of aliphatic hydroxyl groups is 1. The van der Waals surface area contributed by atoms with Crippen LogP contribution in [0, 0.1) is 5.92 Å². The molecule has 0 aliphatic heterocycles. The van der Waals surface area contributed by atoms with Crippen molar-refractivity contribution in [1.29, 1.82) is 0 Å². The summed E-state index contributed by atoms with van der Waals surface area (Å²) in [4.78, 5) is 4.34. The summed E-state index contributed by atoms with van der Waals surface area (Å²) in [7, 11) is 0. The van der Waals surface area contributed by atoms with Crippen LogP contribution in [0.4, 0.5) is 0 Å². The molecule has 90 valence electrons. The summed E-state index contributed by atoms with van der Waals surface area (Å²) >= 11 is 0. The van der Waals surface area contributed by atoms with Crippen molar-refractivity contribution < 1.29 is 9.63 Å². The first-order chi connectivity index (χ1) is 7.79. The lowest BCUT2D eigenvalue weighted by Gasteiger charge is -2.26. The molecular weight excluding hydrogens is 204 g/mol. The Balaban J connectivity index is 1.91. The average molecular weight is 224 g/mol. The molecule has 16 heavy (non-hydrogen) atoms. The number of nitrogens with zero attached hydrogens (tertiary/aromatic N) is 2. The van der Waals surface area contributed by atoms with Crippen molar-refractivity contribution in [2.45, 2.75) is 58.0 Å². The number of aryl methyl sites for hydroxylation is 1. The van der Waals surface area contributed by atoms with Crippen LogP contribution in [0.2, 0.25) is 0 Å². The number of aromatic nitrogens is 2. The molecule has 1 aromatic rings. The summed E-state index contributed by atoms with van der Waals surface area (Å²) in [5.41, 5.74) is 0.